The summed E-state index contributed by atoms with van der Waals surface area (Å²) >= 11 is 0. The van der Waals surface area contributed by atoms with E-state index in [4.69, 9.17) is 18.5 Å². The Morgan fingerprint density at radius 2 is 0.711 bits per heavy atom. The van der Waals surface area contributed by atoms with Crippen molar-refractivity contribution in [1.29, 1.82) is 0 Å². The van der Waals surface area contributed by atoms with E-state index in [1.807, 2.05) is 21.1 Å². The Hall–Kier alpha value is -3.33. The predicted octanol–water partition coefficient (Wildman–Crippen LogP) is 18.7. The average molecular weight is 1080 g/mol. The van der Waals surface area contributed by atoms with E-state index in [-0.39, 0.29) is 26.1 Å². The smallest absolute Gasteiger partial charge is 0.306 e. The van der Waals surface area contributed by atoms with Crippen LogP contribution in [0.2, 0.25) is 0 Å². The number of likely N-dealkylation sites (N-methyl/N-ethyl adjacent to an activating group) is 1. The molecule has 0 heterocycles. The molecule has 436 valence electrons. The quantitative estimate of drug-likeness (QED) is 0.0195. The van der Waals surface area contributed by atoms with Crippen molar-refractivity contribution >= 4 is 19.8 Å². The van der Waals surface area contributed by atoms with Gasteiger partial charge in [-0.05, 0) is 96.3 Å². The van der Waals surface area contributed by atoms with Crippen molar-refractivity contribution in [2.75, 3.05) is 47.5 Å². The molecular weight excluding hydrogens is 966 g/mol. The molecule has 0 bridgehead atoms. The fourth-order valence-corrected chi connectivity index (χ4v) is 8.87. The summed E-state index contributed by atoms with van der Waals surface area (Å²) in [5, 5.41) is 0. The number of allylic oxidation sites excluding steroid dienone is 18. The van der Waals surface area contributed by atoms with E-state index in [9.17, 15) is 19.0 Å². The zero-order valence-corrected chi connectivity index (χ0v) is 50.3. The van der Waals surface area contributed by atoms with Crippen molar-refractivity contribution in [3.05, 3.63) is 109 Å². The first-order valence-electron chi connectivity index (χ1n) is 30.6. The molecule has 76 heavy (non-hydrogen) atoms. The summed E-state index contributed by atoms with van der Waals surface area (Å²) in [5.41, 5.74) is 0. The molecule has 9 nitrogen and oxygen atoms in total. The molecule has 2 unspecified atom stereocenters. The third-order valence-corrected chi connectivity index (χ3v) is 13.8. The summed E-state index contributed by atoms with van der Waals surface area (Å²) in [6.45, 7) is 3.97. The van der Waals surface area contributed by atoms with Crippen molar-refractivity contribution in [3.8, 4) is 0 Å². The molecule has 0 spiro atoms. The van der Waals surface area contributed by atoms with Gasteiger partial charge in [-0.1, -0.05) is 245 Å². The maximum absolute atomic E-state index is 12.8. The molecule has 0 fully saturated rings. The van der Waals surface area contributed by atoms with Gasteiger partial charge in [-0.2, -0.15) is 0 Å². The molecule has 0 aliphatic carbocycles. The first kappa shape index (κ1) is 72.7. The highest BCUT2D eigenvalue weighted by atomic mass is 31.2. The average Bonchev–Trinajstić information content (AvgIpc) is 3.38. The normalized spacial score (nSPS) is 14.0. The number of carbonyl (C=O) groups excluding carboxylic acids is 2. The van der Waals surface area contributed by atoms with Gasteiger partial charge in [0.05, 0.1) is 27.7 Å². The Morgan fingerprint density at radius 1 is 0.408 bits per heavy atom. The SMILES string of the molecule is CC/C=C\C/C=C\C/C=C\C/C=C\C/C=C\C/C=C\CCCCCCCCCCCCCCCCCCCCCCC(=O)OC(COC(=O)CCCCC/C=C\C/C=C\C/C=C\CC)COP(=O)([O-])OCC[N+](C)(C)C. The molecule has 10 heteroatoms. The Labute approximate surface area is 467 Å². The highest BCUT2D eigenvalue weighted by molar-refractivity contribution is 7.45. The number of esters is 2. The van der Waals surface area contributed by atoms with Crippen LogP contribution in [0.4, 0.5) is 0 Å². The van der Waals surface area contributed by atoms with Crippen LogP contribution < -0.4 is 4.89 Å². The van der Waals surface area contributed by atoms with Gasteiger partial charge in [-0.15, -0.1) is 0 Å². The number of quaternary nitrogens is 1. The summed E-state index contributed by atoms with van der Waals surface area (Å²) in [6, 6.07) is 0. The van der Waals surface area contributed by atoms with Gasteiger partial charge in [0.2, 0.25) is 0 Å². The minimum absolute atomic E-state index is 0.0386. The zero-order chi connectivity index (χ0) is 55.6. The van der Waals surface area contributed by atoms with E-state index in [1.54, 1.807) is 0 Å². The lowest BCUT2D eigenvalue weighted by Crippen LogP contribution is -2.37. The van der Waals surface area contributed by atoms with Crippen LogP contribution in [0.1, 0.15) is 245 Å². The van der Waals surface area contributed by atoms with Crippen LogP contribution in [0.25, 0.3) is 0 Å². The van der Waals surface area contributed by atoms with Crippen molar-refractivity contribution in [1.82, 2.24) is 0 Å². The third kappa shape index (κ3) is 59.9. The van der Waals surface area contributed by atoms with Crippen LogP contribution in [0.3, 0.4) is 0 Å². The number of phosphoric ester groups is 1. The molecule has 0 saturated carbocycles. The van der Waals surface area contributed by atoms with Crippen LogP contribution >= 0.6 is 7.82 Å². The van der Waals surface area contributed by atoms with Gasteiger partial charge in [-0.3, -0.25) is 14.2 Å². The van der Waals surface area contributed by atoms with Crippen LogP contribution in [-0.4, -0.2) is 70.0 Å². The molecule has 0 radical (unpaired) electrons. The summed E-state index contributed by atoms with van der Waals surface area (Å²) in [7, 11) is 1.14. The number of hydrogen-bond acceptors (Lipinski definition) is 8. The molecule has 0 aromatic carbocycles. The zero-order valence-electron chi connectivity index (χ0n) is 49.4. The third-order valence-electron chi connectivity index (χ3n) is 12.8. The van der Waals surface area contributed by atoms with Crippen LogP contribution in [0.15, 0.2) is 109 Å². The van der Waals surface area contributed by atoms with Crippen molar-refractivity contribution < 1.29 is 42.1 Å². The minimum atomic E-state index is -4.64. The molecule has 0 saturated heterocycles. The summed E-state index contributed by atoms with van der Waals surface area (Å²) in [6.07, 6.45) is 78.9. The van der Waals surface area contributed by atoms with Crippen molar-refractivity contribution in [3.63, 3.8) is 0 Å². The lowest BCUT2D eigenvalue weighted by Gasteiger charge is -2.28. The summed E-state index contributed by atoms with van der Waals surface area (Å²) < 4.78 is 34.1. The lowest BCUT2D eigenvalue weighted by molar-refractivity contribution is -0.870. The predicted molar refractivity (Wildman–Crippen MR) is 323 cm³/mol. The fraction of sp³-hybridized carbons (Fsp3) is 0.697. The van der Waals surface area contributed by atoms with E-state index in [2.05, 4.69) is 123 Å². The maximum atomic E-state index is 12.8. The second-order valence-corrected chi connectivity index (χ2v) is 22.7. The van der Waals surface area contributed by atoms with Gasteiger partial charge in [0.15, 0.2) is 6.10 Å². The van der Waals surface area contributed by atoms with Gasteiger partial charge in [0.1, 0.15) is 19.8 Å². The number of phosphoric acid groups is 1. The summed E-state index contributed by atoms with van der Waals surface area (Å²) in [4.78, 5) is 37.8. The number of hydrogen-bond donors (Lipinski definition) is 0. The molecule has 0 aromatic rings. The minimum Gasteiger partial charge on any atom is -0.756 e. The standard InChI is InChI=1S/C66H114NO8P/c1-6-8-10-12-14-16-18-20-21-22-23-24-25-26-27-28-29-30-31-32-33-34-35-36-37-38-39-40-41-42-43-44-45-47-49-51-53-55-57-59-66(69)75-64(63-74-76(70,71)73-61-60-67(3,4)5)62-72-65(68)58-56-54-52-50-48-46-19-17-15-13-11-9-7-2/h8-11,14-17,20-21,23-24,26-27,29-30,46,48,64H,6-7,12-13,18-19,22,25,28,31-45,47,49-63H2,1-5H3/b10-8-,11-9-,16-14-,17-15-,21-20-,24-23-,27-26-,30-29-,48-46-. The van der Waals surface area contributed by atoms with Crippen molar-refractivity contribution in [2.45, 2.75) is 251 Å². The molecule has 2 atom stereocenters. The Balaban J connectivity index is 3.96. The molecule has 0 aliphatic rings. The Bertz CT molecular complexity index is 1650. The second-order valence-electron chi connectivity index (χ2n) is 21.3. The summed E-state index contributed by atoms with van der Waals surface area (Å²) in [5.74, 6) is -0.867. The van der Waals surface area contributed by atoms with E-state index in [0.717, 1.165) is 96.3 Å². The second kappa shape index (κ2) is 56.4. The molecule has 0 amide bonds. The van der Waals surface area contributed by atoms with Gasteiger partial charge in [0, 0.05) is 12.8 Å². The molecule has 0 aromatic heterocycles. The first-order chi connectivity index (χ1) is 37.0. The van der Waals surface area contributed by atoms with Crippen LogP contribution in [0, 0.1) is 0 Å². The lowest BCUT2D eigenvalue weighted by atomic mass is 10.0. The van der Waals surface area contributed by atoms with E-state index in [0.29, 0.717) is 23.9 Å². The first-order valence-corrected chi connectivity index (χ1v) is 32.1. The number of carbonyl (C=O) groups is 2. The van der Waals surface area contributed by atoms with Crippen LogP contribution in [0.5, 0.6) is 0 Å². The Morgan fingerprint density at radius 3 is 1.07 bits per heavy atom. The number of unbranched alkanes of at least 4 members (excludes halogenated alkanes) is 23. The van der Waals surface area contributed by atoms with Gasteiger partial charge < -0.3 is 27.9 Å². The molecule has 0 rings (SSSR count). The number of rotatable bonds is 55. The maximum Gasteiger partial charge on any atom is 0.306 e. The van der Waals surface area contributed by atoms with E-state index >= 15 is 0 Å². The van der Waals surface area contributed by atoms with E-state index < -0.39 is 32.5 Å². The number of ether oxygens (including phenoxy) is 2. The fourth-order valence-electron chi connectivity index (χ4n) is 8.15. The highest BCUT2D eigenvalue weighted by Gasteiger charge is 2.22. The van der Waals surface area contributed by atoms with Crippen molar-refractivity contribution in [2.24, 2.45) is 0 Å². The van der Waals surface area contributed by atoms with Gasteiger partial charge in [0.25, 0.3) is 7.82 Å². The van der Waals surface area contributed by atoms with E-state index in [1.165, 1.54) is 109 Å². The topological polar surface area (TPSA) is 111 Å². The highest BCUT2D eigenvalue weighted by Crippen LogP contribution is 2.38. The monoisotopic (exact) mass is 1080 g/mol. The van der Waals surface area contributed by atoms with Gasteiger partial charge in [-0.25, -0.2) is 0 Å². The largest absolute Gasteiger partial charge is 0.756 e. The number of nitrogens with zero attached hydrogens (tertiary/aromatic N) is 1. The molecular formula is C66H114NO8P. The van der Waals surface area contributed by atoms with Crippen LogP contribution in [-0.2, 0) is 32.7 Å². The Kier molecular flexibility index (Phi) is 53.9. The molecule has 0 N–H and O–H groups in total. The molecule has 0 aliphatic heterocycles. The van der Waals surface area contributed by atoms with Gasteiger partial charge >= 0.3 is 11.9 Å².